The van der Waals surface area contributed by atoms with Crippen molar-refractivity contribution in [3.8, 4) is 0 Å². The number of piperidine rings is 2. The van der Waals surface area contributed by atoms with E-state index in [4.69, 9.17) is 14.2 Å². The molecular formula is C38H46N2O5. The van der Waals surface area contributed by atoms with E-state index in [9.17, 15) is 9.90 Å². The first-order valence-electron chi connectivity index (χ1n) is 16.7. The van der Waals surface area contributed by atoms with Gasteiger partial charge in [0.05, 0.1) is 12.7 Å². The predicted octanol–water partition coefficient (Wildman–Crippen LogP) is 5.34. The SMILES string of the molecule is CN1[C@@H]2CC[C@H]1C[C@@H](OC(c1ccccc1)c1ccccc1)C2.CN1[C@@H]2C[C@@H](OC(=O)[C@H](CO)c3ccccc3)C[C@H]1[C@@H]1O[C@@H]12. The van der Waals surface area contributed by atoms with Gasteiger partial charge in [0.2, 0.25) is 0 Å². The summed E-state index contributed by atoms with van der Waals surface area (Å²) in [6.45, 7) is -0.226. The van der Waals surface area contributed by atoms with Crippen molar-refractivity contribution >= 4 is 5.97 Å². The largest absolute Gasteiger partial charge is 0.462 e. The number of aliphatic hydroxyl groups excluding tert-OH is 1. The van der Waals surface area contributed by atoms with E-state index in [1.165, 1.54) is 36.8 Å². The molecule has 0 unspecified atom stereocenters. The maximum Gasteiger partial charge on any atom is 0.316 e. The summed E-state index contributed by atoms with van der Waals surface area (Å²) in [5.41, 5.74) is 3.31. The summed E-state index contributed by atoms with van der Waals surface area (Å²) in [5.74, 6) is -0.915. The number of carbonyl (C=O) groups excluding carboxylic acids is 1. The lowest BCUT2D eigenvalue weighted by Gasteiger charge is -2.38. The van der Waals surface area contributed by atoms with E-state index >= 15 is 0 Å². The molecule has 9 atom stereocenters. The van der Waals surface area contributed by atoms with Gasteiger partial charge in [-0.2, -0.15) is 0 Å². The highest BCUT2D eigenvalue weighted by Gasteiger charge is 2.62. The number of fused-ring (bicyclic) bond motifs is 7. The number of epoxide rings is 1. The normalized spacial score (nSPS) is 32.4. The fraction of sp³-hybridized carbons (Fsp3) is 0.500. The van der Waals surface area contributed by atoms with Crippen molar-refractivity contribution in [2.45, 2.75) is 99.1 Å². The number of carbonyl (C=O) groups is 1. The van der Waals surface area contributed by atoms with Crippen LogP contribution in [0.2, 0.25) is 0 Å². The van der Waals surface area contributed by atoms with Crippen molar-refractivity contribution in [2.24, 2.45) is 0 Å². The molecular weight excluding hydrogens is 564 g/mol. The molecule has 45 heavy (non-hydrogen) atoms. The molecule has 0 aromatic heterocycles. The zero-order valence-corrected chi connectivity index (χ0v) is 26.4. The number of esters is 1. The zero-order valence-electron chi connectivity index (χ0n) is 26.4. The minimum absolute atomic E-state index is 0.0465. The molecule has 5 saturated heterocycles. The molecule has 8 rings (SSSR count). The summed E-state index contributed by atoms with van der Waals surface area (Å²) in [4.78, 5) is 17.4. The second kappa shape index (κ2) is 13.3. The molecule has 5 fully saturated rings. The third-order valence-corrected chi connectivity index (χ3v) is 10.9. The first kappa shape index (κ1) is 30.6. The number of rotatable bonds is 8. The Morgan fingerprint density at radius 3 is 1.71 bits per heavy atom. The standard InChI is InChI=1S/C21H25NO.C17H21NO4/c1-22-18-12-13-19(22)15-20(14-18)23-21(16-8-4-2-5-9-16)17-10-6-3-7-11-17;1-18-13-7-11(8-14(18)16-15(13)22-16)21-17(20)12(9-19)10-5-3-2-4-6-10/h2-11,18-21H,12-15H2,1H3;2-6,11-16,19H,7-9H2,1H3/t18-,19+,20+;11-,12-,13-,14+,15-,16+/m.1/s1. The Kier molecular flexibility index (Phi) is 9.07. The minimum Gasteiger partial charge on any atom is -0.462 e. The van der Waals surface area contributed by atoms with Crippen LogP contribution < -0.4 is 0 Å². The van der Waals surface area contributed by atoms with Gasteiger partial charge >= 0.3 is 5.97 Å². The van der Waals surface area contributed by atoms with Gasteiger partial charge in [0, 0.05) is 37.0 Å². The monoisotopic (exact) mass is 610 g/mol. The van der Waals surface area contributed by atoms with Gasteiger partial charge in [-0.25, -0.2) is 0 Å². The molecule has 238 valence electrons. The van der Waals surface area contributed by atoms with Gasteiger partial charge < -0.3 is 24.2 Å². The maximum atomic E-state index is 12.4. The predicted molar refractivity (Wildman–Crippen MR) is 173 cm³/mol. The highest BCUT2D eigenvalue weighted by Crippen LogP contribution is 2.48. The molecule has 7 heteroatoms. The molecule has 0 amide bonds. The van der Waals surface area contributed by atoms with Crippen LogP contribution in [0.5, 0.6) is 0 Å². The molecule has 5 heterocycles. The average Bonchev–Trinajstić information content (AvgIpc) is 3.81. The van der Waals surface area contributed by atoms with E-state index in [0.717, 1.165) is 18.4 Å². The van der Waals surface area contributed by atoms with Gasteiger partial charge in [0.25, 0.3) is 0 Å². The molecule has 0 saturated carbocycles. The van der Waals surface area contributed by atoms with Crippen molar-refractivity contribution < 1.29 is 24.1 Å². The van der Waals surface area contributed by atoms with Gasteiger partial charge in [0.15, 0.2) is 0 Å². The maximum absolute atomic E-state index is 12.4. The van der Waals surface area contributed by atoms with Crippen LogP contribution in [0.3, 0.4) is 0 Å². The van der Waals surface area contributed by atoms with Crippen molar-refractivity contribution in [3.63, 3.8) is 0 Å². The van der Waals surface area contributed by atoms with Crippen LogP contribution in [-0.4, -0.2) is 90.2 Å². The van der Waals surface area contributed by atoms with E-state index in [2.05, 4.69) is 84.6 Å². The summed E-state index contributed by atoms with van der Waals surface area (Å²) in [5, 5.41) is 9.56. The second-order valence-electron chi connectivity index (χ2n) is 13.5. The summed E-state index contributed by atoms with van der Waals surface area (Å²) in [6.07, 6.45) is 7.69. The zero-order chi connectivity index (χ0) is 30.9. The van der Waals surface area contributed by atoms with E-state index in [0.29, 0.717) is 42.5 Å². The fourth-order valence-corrected chi connectivity index (χ4v) is 8.31. The summed E-state index contributed by atoms with van der Waals surface area (Å²) < 4.78 is 18.0. The van der Waals surface area contributed by atoms with Gasteiger partial charge in [-0.15, -0.1) is 0 Å². The van der Waals surface area contributed by atoms with Crippen LogP contribution in [0.1, 0.15) is 67.2 Å². The first-order valence-corrected chi connectivity index (χ1v) is 16.7. The van der Waals surface area contributed by atoms with Crippen molar-refractivity contribution in [2.75, 3.05) is 20.7 Å². The Morgan fingerprint density at radius 2 is 1.22 bits per heavy atom. The molecule has 3 aromatic carbocycles. The van der Waals surface area contributed by atoms with Crippen LogP contribution in [0.15, 0.2) is 91.0 Å². The van der Waals surface area contributed by atoms with Gasteiger partial charge in [-0.1, -0.05) is 91.0 Å². The van der Waals surface area contributed by atoms with E-state index in [1.807, 2.05) is 30.3 Å². The highest BCUT2D eigenvalue weighted by atomic mass is 16.6. The van der Waals surface area contributed by atoms with Gasteiger partial charge in [0.1, 0.15) is 30.3 Å². The lowest BCUT2D eigenvalue weighted by Crippen LogP contribution is -2.48. The van der Waals surface area contributed by atoms with Crippen LogP contribution in [-0.2, 0) is 19.0 Å². The summed E-state index contributed by atoms with van der Waals surface area (Å²) in [7, 11) is 4.41. The average molecular weight is 611 g/mol. The molecule has 7 nitrogen and oxygen atoms in total. The topological polar surface area (TPSA) is 74.8 Å². The molecule has 1 N–H and O–H groups in total. The van der Waals surface area contributed by atoms with Crippen molar-refractivity contribution in [1.82, 2.24) is 9.80 Å². The Bertz CT molecular complexity index is 1340. The van der Waals surface area contributed by atoms with Crippen LogP contribution in [0.4, 0.5) is 0 Å². The molecule has 0 spiro atoms. The number of benzene rings is 3. The number of likely N-dealkylation sites (N-methyl/N-ethyl adjacent to an activating group) is 1. The summed E-state index contributed by atoms with van der Waals surface area (Å²) in [6, 6.07) is 32.8. The third kappa shape index (κ3) is 6.47. The number of hydrogen-bond donors (Lipinski definition) is 1. The minimum atomic E-state index is -0.593. The van der Waals surface area contributed by atoms with Gasteiger partial charge in [-0.05, 0) is 56.5 Å². The smallest absolute Gasteiger partial charge is 0.316 e. The fourth-order valence-electron chi connectivity index (χ4n) is 8.31. The number of nitrogens with zero attached hydrogens (tertiary/aromatic N) is 2. The molecule has 3 aromatic rings. The van der Waals surface area contributed by atoms with Crippen molar-refractivity contribution in [1.29, 1.82) is 0 Å². The van der Waals surface area contributed by atoms with Crippen LogP contribution in [0.25, 0.3) is 0 Å². The van der Waals surface area contributed by atoms with Crippen molar-refractivity contribution in [3.05, 3.63) is 108 Å². The Labute approximate surface area is 267 Å². The first-order chi connectivity index (χ1) is 22.0. The Morgan fingerprint density at radius 1 is 0.733 bits per heavy atom. The number of hydrogen-bond acceptors (Lipinski definition) is 7. The Hall–Kier alpha value is -3.07. The molecule has 4 bridgehead atoms. The molecule has 0 aliphatic carbocycles. The third-order valence-electron chi connectivity index (χ3n) is 10.9. The second-order valence-corrected chi connectivity index (χ2v) is 13.5. The van der Waals surface area contributed by atoms with E-state index < -0.39 is 5.92 Å². The summed E-state index contributed by atoms with van der Waals surface area (Å²) >= 11 is 0. The molecule has 5 aliphatic heterocycles. The number of aliphatic hydroxyl groups is 1. The quantitative estimate of drug-likeness (QED) is 0.273. The van der Waals surface area contributed by atoms with Crippen LogP contribution in [0, 0.1) is 0 Å². The number of morpholine rings is 1. The van der Waals surface area contributed by atoms with E-state index in [-0.39, 0.29) is 24.8 Å². The molecule has 5 aliphatic rings. The van der Waals surface area contributed by atoms with Crippen LogP contribution >= 0.6 is 0 Å². The number of ether oxygens (including phenoxy) is 3. The van der Waals surface area contributed by atoms with Gasteiger partial charge in [-0.3, -0.25) is 9.69 Å². The van der Waals surface area contributed by atoms with E-state index in [1.54, 1.807) is 0 Å². The lowest BCUT2D eigenvalue weighted by atomic mass is 9.97. The Balaban J connectivity index is 0.000000145. The molecule has 0 radical (unpaired) electrons. The lowest BCUT2D eigenvalue weighted by molar-refractivity contribution is -0.156. The highest BCUT2D eigenvalue weighted by molar-refractivity contribution is 5.78.